The van der Waals surface area contributed by atoms with Gasteiger partial charge in [-0.05, 0) is 50.8 Å². The Balaban J connectivity index is 1.72. The van der Waals surface area contributed by atoms with E-state index >= 15 is 0 Å². The lowest BCUT2D eigenvalue weighted by molar-refractivity contribution is 0.0444. The standard InChI is InChI=1S/C26H36N2O5/c1-26(2,3)33-25(30)27-15-22(29)17-28(21-12-18-8-6-7-9-19(18)13-21)16-20-10-11-23(31-4)14-24(20)32-5/h6-11,14,21-22,29H,12-13,15-17H2,1-5H3,(H,27,30)/t22-/m1/s1. The molecule has 1 amide bonds. The van der Waals surface area contributed by atoms with Gasteiger partial charge in [0.2, 0.25) is 0 Å². The van der Waals surface area contributed by atoms with Gasteiger partial charge in [0, 0.05) is 37.3 Å². The Kier molecular flexibility index (Phi) is 8.21. The van der Waals surface area contributed by atoms with Crippen molar-refractivity contribution in [2.75, 3.05) is 27.3 Å². The molecule has 2 aromatic carbocycles. The number of rotatable bonds is 9. The Morgan fingerprint density at radius 1 is 1.12 bits per heavy atom. The molecule has 0 radical (unpaired) electrons. The van der Waals surface area contributed by atoms with Crippen LogP contribution in [-0.2, 0) is 24.1 Å². The minimum Gasteiger partial charge on any atom is -0.497 e. The predicted octanol–water partition coefficient (Wildman–Crippen LogP) is 3.56. The Hall–Kier alpha value is -2.77. The second kappa shape index (κ2) is 10.9. The monoisotopic (exact) mass is 456 g/mol. The van der Waals surface area contributed by atoms with Crippen molar-refractivity contribution in [3.05, 3.63) is 59.2 Å². The maximum atomic E-state index is 12.0. The Labute approximate surface area is 196 Å². The molecule has 33 heavy (non-hydrogen) atoms. The highest BCUT2D eigenvalue weighted by atomic mass is 16.6. The van der Waals surface area contributed by atoms with Crippen LogP contribution in [0.4, 0.5) is 4.79 Å². The third kappa shape index (κ3) is 7.11. The zero-order chi connectivity index (χ0) is 24.0. The normalized spacial score (nSPS) is 14.6. The number of alkyl carbamates (subject to hydrolysis) is 1. The lowest BCUT2D eigenvalue weighted by Crippen LogP contribution is -2.45. The summed E-state index contributed by atoms with van der Waals surface area (Å²) >= 11 is 0. The van der Waals surface area contributed by atoms with Crippen molar-refractivity contribution in [2.45, 2.75) is 57.9 Å². The molecule has 7 nitrogen and oxygen atoms in total. The molecular formula is C26H36N2O5. The number of fused-ring (bicyclic) bond motifs is 1. The average molecular weight is 457 g/mol. The molecule has 1 aliphatic rings. The van der Waals surface area contributed by atoms with Crippen molar-refractivity contribution >= 4 is 6.09 Å². The summed E-state index contributed by atoms with van der Waals surface area (Å²) in [4.78, 5) is 14.3. The van der Waals surface area contributed by atoms with Crippen LogP contribution < -0.4 is 14.8 Å². The van der Waals surface area contributed by atoms with Crippen molar-refractivity contribution < 1.29 is 24.1 Å². The van der Waals surface area contributed by atoms with Gasteiger partial charge in [-0.25, -0.2) is 4.79 Å². The molecule has 0 aliphatic heterocycles. The number of nitrogens with zero attached hydrogens (tertiary/aromatic N) is 1. The van der Waals surface area contributed by atoms with Gasteiger partial charge in [0.1, 0.15) is 17.1 Å². The molecule has 180 valence electrons. The maximum Gasteiger partial charge on any atom is 0.407 e. The fourth-order valence-corrected chi connectivity index (χ4v) is 4.19. The first-order chi connectivity index (χ1) is 15.7. The smallest absolute Gasteiger partial charge is 0.407 e. The van der Waals surface area contributed by atoms with Gasteiger partial charge in [-0.1, -0.05) is 30.3 Å². The quantitative estimate of drug-likeness (QED) is 0.601. The molecule has 0 bridgehead atoms. The minimum atomic E-state index is -0.745. The van der Waals surface area contributed by atoms with Gasteiger partial charge in [-0.3, -0.25) is 4.90 Å². The molecular weight excluding hydrogens is 420 g/mol. The second-order valence-electron chi connectivity index (χ2n) is 9.47. The van der Waals surface area contributed by atoms with E-state index in [0.29, 0.717) is 13.1 Å². The molecule has 0 saturated heterocycles. The molecule has 1 atom stereocenters. The summed E-state index contributed by atoms with van der Waals surface area (Å²) in [5.74, 6) is 1.48. The van der Waals surface area contributed by atoms with E-state index in [0.717, 1.165) is 29.9 Å². The van der Waals surface area contributed by atoms with E-state index in [-0.39, 0.29) is 12.6 Å². The summed E-state index contributed by atoms with van der Waals surface area (Å²) in [5.41, 5.74) is 3.12. The highest BCUT2D eigenvalue weighted by molar-refractivity contribution is 5.67. The van der Waals surface area contributed by atoms with Crippen molar-refractivity contribution in [1.82, 2.24) is 10.2 Å². The van der Waals surface area contributed by atoms with Gasteiger partial charge >= 0.3 is 6.09 Å². The predicted molar refractivity (Wildman–Crippen MR) is 128 cm³/mol. The van der Waals surface area contributed by atoms with E-state index in [2.05, 4.69) is 34.5 Å². The minimum absolute atomic E-state index is 0.116. The molecule has 0 unspecified atom stereocenters. The number of carbonyl (C=O) groups excluding carboxylic acids is 1. The number of hydrogen-bond donors (Lipinski definition) is 2. The van der Waals surface area contributed by atoms with Crippen LogP contribution in [-0.4, -0.2) is 61.2 Å². The fourth-order valence-electron chi connectivity index (χ4n) is 4.19. The lowest BCUT2D eigenvalue weighted by atomic mass is 10.1. The van der Waals surface area contributed by atoms with Crippen molar-refractivity contribution in [2.24, 2.45) is 0 Å². The number of aliphatic hydroxyl groups excluding tert-OH is 1. The van der Waals surface area contributed by atoms with Crippen LogP contribution in [0.3, 0.4) is 0 Å². The Morgan fingerprint density at radius 3 is 2.36 bits per heavy atom. The molecule has 0 fully saturated rings. The number of methoxy groups -OCH3 is 2. The van der Waals surface area contributed by atoms with Crippen molar-refractivity contribution in [3.63, 3.8) is 0 Å². The third-order valence-electron chi connectivity index (χ3n) is 5.74. The van der Waals surface area contributed by atoms with E-state index < -0.39 is 17.8 Å². The Morgan fingerprint density at radius 2 is 1.79 bits per heavy atom. The summed E-state index contributed by atoms with van der Waals surface area (Å²) in [7, 11) is 3.28. The number of amides is 1. The first-order valence-corrected chi connectivity index (χ1v) is 11.3. The fraction of sp³-hybridized carbons (Fsp3) is 0.500. The van der Waals surface area contributed by atoms with Crippen LogP contribution in [0.1, 0.15) is 37.5 Å². The number of hydrogen-bond acceptors (Lipinski definition) is 6. The van der Waals surface area contributed by atoms with E-state index in [1.165, 1.54) is 11.1 Å². The highest BCUT2D eigenvalue weighted by Gasteiger charge is 2.29. The third-order valence-corrected chi connectivity index (χ3v) is 5.74. The zero-order valence-corrected chi connectivity index (χ0v) is 20.3. The van der Waals surface area contributed by atoms with Crippen molar-refractivity contribution in [3.8, 4) is 11.5 Å². The second-order valence-corrected chi connectivity index (χ2v) is 9.47. The van der Waals surface area contributed by atoms with Crippen LogP contribution in [0.25, 0.3) is 0 Å². The molecule has 0 spiro atoms. The van der Waals surface area contributed by atoms with E-state index in [1.54, 1.807) is 14.2 Å². The molecule has 7 heteroatoms. The lowest BCUT2D eigenvalue weighted by Gasteiger charge is -2.31. The summed E-state index contributed by atoms with van der Waals surface area (Å²) in [6.45, 7) is 6.56. The largest absolute Gasteiger partial charge is 0.497 e. The maximum absolute atomic E-state index is 12.0. The highest BCUT2D eigenvalue weighted by Crippen LogP contribution is 2.30. The van der Waals surface area contributed by atoms with E-state index in [1.807, 2.05) is 39.0 Å². The van der Waals surface area contributed by atoms with Gasteiger partial charge in [0.25, 0.3) is 0 Å². The van der Waals surface area contributed by atoms with Crippen molar-refractivity contribution in [1.29, 1.82) is 0 Å². The summed E-state index contributed by atoms with van der Waals surface area (Å²) in [6, 6.07) is 14.5. The van der Waals surface area contributed by atoms with Crippen LogP contribution in [0.2, 0.25) is 0 Å². The summed E-state index contributed by atoms with van der Waals surface area (Å²) < 4.78 is 16.2. The molecule has 2 aromatic rings. The first kappa shape index (κ1) is 24.9. The number of benzene rings is 2. The zero-order valence-electron chi connectivity index (χ0n) is 20.3. The number of ether oxygens (including phenoxy) is 3. The van der Waals surface area contributed by atoms with Crippen LogP contribution in [0, 0.1) is 0 Å². The molecule has 0 aromatic heterocycles. The number of nitrogens with one attached hydrogen (secondary N) is 1. The van der Waals surface area contributed by atoms with E-state index in [9.17, 15) is 9.90 Å². The van der Waals surface area contributed by atoms with Gasteiger partial charge in [-0.2, -0.15) is 0 Å². The first-order valence-electron chi connectivity index (χ1n) is 11.3. The average Bonchev–Trinajstić information content (AvgIpc) is 3.20. The van der Waals surface area contributed by atoms with Gasteiger partial charge in [-0.15, -0.1) is 0 Å². The Bertz CT molecular complexity index is 916. The van der Waals surface area contributed by atoms with Gasteiger partial charge in [0.15, 0.2) is 0 Å². The summed E-state index contributed by atoms with van der Waals surface area (Å²) in [5, 5.41) is 13.4. The number of carbonyl (C=O) groups is 1. The molecule has 0 saturated carbocycles. The molecule has 1 aliphatic carbocycles. The van der Waals surface area contributed by atoms with E-state index in [4.69, 9.17) is 14.2 Å². The SMILES string of the molecule is COc1ccc(CN(C[C@H](O)CNC(=O)OC(C)(C)C)C2Cc3ccccc3C2)c(OC)c1. The van der Waals surface area contributed by atoms with Crippen LogP contribution in [0.5, 0.6) is 11.5 Å². The summed E-state index contributed by atoms with van der Waals surface area (Å²) in [6.07, 6.45) is 0.561. The number of aliphatic hydroxyl groups is 1. The van der Waals surface area contributed by atoms with Gasteiger partial charge < -0.3 is 24.6 Å². The van der Waals surface area contributed by atoms with Crippen LogP contribution in [0.15, 0.2) is 42.5 Å². The molecule has 3 rings (SSSR count). The molecule has 2 N–H and O–H groups in total. The topological polar surface area (TPSA) is 80.3 Å². The van der Waals surface area contributed by atoms with Gasteiger partial charge in [0.05, 0.1) is 20.3 Å². The molecule has 0 heterocycles. The van der Waals surface area contributed by atoms with Crippen LogP contribution >= 0.6 is 0 Å².